The first-order valence-corrected chi connectivity index (χ1v) is 6.78. The molecule has 0 bridgehead atoms. The van der Waals surface area contributed by atoms with Crippen molar-refractivity contribution in [2.45, 2.75) is 26.2 Å². The highest BCUT2D eigenvalue weighted by atomic mass is 35.5. The Morgan fingerprint density at radius 3 is 2.58 bits per heavy atom. The molecule has 106 valence electrons. The molecule has 0 aromatic heterocycles. The van der Waals surface area contributed by atoms with E-state index in [0.717, 1.165) is 25.3 Å². The van der Waals surface area contributed by atoms with Crippen LogP contribution in [0.3, 0.4) is 0 Å². The lowest BCUT2D eigenvalue weighted by molar-refractivity contribution is 0.0783. The number of alkyl halides is 1. The van der Waals surface area contributed by atoms with Gasteiger partial charge in [-0.3, -0.25) is 4.79 Å². The van der Waals surface area contributed by atoms with Crippen molar-refractivity contribution in [3.8, 4) is 0 Å². The van der Waals surface area contributed by atoms with Gasteiger partial charge in [-0.2, -0.15) is 0 Å². The van der Waals surface area contributed by atoms with E-state index in [1.165, 1.54) is 17.9 Å². The van der Waals surface area contributed by atoms with E-state index in [9.17, 15) is 13.6 Å². The number of unbranched alkanes of at least 4 members (excludes halogenated alkanes) is 2. The summed E-state index contributed by atoms with van der Waals surface area (Å²) in [5.74, 6) is -1.64. The van der Waals surface area contributed by atoms with Crippen molar-refractivity contribution in [1.29, 1.82) is 0 Å². The van der Waals surface area contributed by atoms with Gasteiger partial charge >= 0.3 is 0 Å². The molecule has 2 nitrogen and oxygen atoms in total. The van der Waals surface area contributed by atoms with E-state index in [1.807, 2.05) is 0 Å². The van der Waals surface area contributed by atoms with Crippen molar-refractivity contribution in [3.63, 3.8) is 0 Å². The summed E-state index contributed by atoms with van der Waals surface area (Å²) in [6.45, 7) is 1.97. The number of hydrogen-bond acceptors (Lipinski definition) is 1. The number of hydrogen-bond donors (Lipinski definition) is 0. The molecule has 0 radical (unpaired) electrons. The van der Waals surface area contributed by atoms with Crippen molar-refractivity contribution in [2.24, 2.45) is 0 Å². The van der Waals surface area contributed by atoms with E-state index in [2.05, 4.69) is 0 Å². The molecule has 1 amide bonds. The SMILES string of the molecule is Cc1ccc(F)c(C(=O)N(C)CCCCCCl)c1F. The quantitative estimate of drug-likeness (QED) is 0.577. The van der Waals surface area contributed by atoms with Gasteiger partial charge in [-0.05, 0) is 31.4 Å². The van der Waals surface area contributed by atoms with E-state index < -0.39 is 23.1 Å². The zero-order chi connectivity index (χ0) is 14.4. The number of benzene rings is 1. The molecule has 0 fully saturated rings. The molecule has 0 unspecified atom stereocenters. The van der Waals surface area contributed by atoms with E-state index in [4.69, 9.17) is 11.6 Å². The second kappa shape index (κ2) is 7.43. The average molecular weight is 290 g/mol. The molecule has 0 saturated heterocycles. The molecule has 0 N–H and O–H groups in total. The maximum Gasteiger partial charge on any atom is 0.259 e. The summed E-state index contributed by atoms with van der Waals surface area (Å²) in [4.78, 5) is 13.4. The van der Waals surface area contributed by atoms with Gasteiger partial charge in [0.1, 0.15) is 17.2 Å². The lowest BCUT2D eigenvalue weighted by Gasteiger charge is -2.18. The lowest BCUT2D eigenvalue weighted by atomic mass is 10.1. The van der Waals surface area contributed by atoms with Crippen LogP contribution in [0.15, 0.2) is 12.1 Å². The molecule has 0 aliphatic rings. The zero-order valence-corrected chi connectivity index (χ0v) is 11.9. The van der Waals surface area contributed by atoms with Crippen LogP contribution in [0.4, 0.5) is 8.78 Å². The minimum absolute atomic E-state index is 0.264. The predicted molar refractivity (Wildman–Crippen MR) is 72.6 cm³/mol. The number of carbonyl (C=O) groups excluding carboxylic acids is 1. The van der Waals surface area contributed by atoms with Gasteiger partial charge in [0.25, 0.3) is 5.91 Å². The Kier molecular flexibility index (Phi) is 6.22. The molecule has 1 aromatic rings. The predicted octanol–water partition coefficient (Wildman–Crippen LogP) is 3.75. The van der Waals surface area contributed by atoms with Gasteiger partial charge in [0.05, 0.1) is 0 Å². The first kappa shape index (κ1) is 15.9. The average Bonchev–Trinajstić information content (AvgIpc) is 2.39. The van der Waals surface area contributed by atoms with Gasteiger partial charge in [-0.25, -0.2) is 8.78 Å². The molecule has 0 atom stereocenters. The first-order valence-electron chi connectivity index (χ1n) is 6.25. The summed E-state index contributed by atoms with van der Waals surface area (Å²) in [5.41, 5.74) is -0.208. The van der Waals surface area contributed by atoms with E-state index >= 15 is 0 Å². The van der Waals surface area contributed by atoms with Gasteiger partial charge in [-0.15, -0.1) is 11.6 Å². The molecular formula is C14H18ClF2NO. The molecule has 0 aliphatic heterocycles. The fourth-order valence-corrected chi connectivity index (χ4v) is 1.95. The Labute approximate surface area is 117 Å². The number of halogens is 3. The second-order valence-electron chi connectivity index (χ2n) is 4.53. The van der Waals surface area contributed by atoms with Gasteiger partial charge in [0.2, 0.25) is 0 Å². The summed E-state index contributed by atoms with van der Waals surface area (Å²) >= 11 is 5.55. The Morgan fingerprint density at radius 2 is 1.95 bits per heavy atom. The highest BCUT2D eigenvalue weighted by Gasteiger charge is 2.21. The molecule has 5 heteroatoms. The highest BCUT2D eigenvalue weighted by molar-refractivity contribution is 6.17. The third-order valence-corrected chi connectivity index (χ3v) is 3.24. The summed E-state index contributed by atoms with van der Waals surface area (Å²) in [6.07, 6.45) is 2.53. The van der Waals surface area contributed by atoms with Gasteiger partial charge in [0.15, 0.2) is 0 Å². The van der Waals surface area contributed by atoms with E-state index in [1.54, 1.807) is 7.05 Å². The van der Waals surface area contributed by atoms with Gasteiger partial charge in [-0.1, -0.05) is 12.5 Å². The maximum atomic E-state index is 13.8. The molecule has 0 spiro atoms. The lowest BCUT2D eigenvalue weighted by Crippen LogP contribution is -2.29. The van der Waals surface area contributed by atoms with Crippen LogP contribution in [0, 0.1) is 18.6 Å². The number of amides is 1. The summed E-state index contributed by atoms with van der Waals surface area (Å²) in [6, 6.07) is 2.44. The van der Waals surface area contributed by atoms with Crippen LogP contribution in [-0.4, -0.2) is 30.3 Å². The minimum atomic E-state index is -0.819. The second-order valence-corrected chi connectivity index (χ2v) is 4.91. The fraction of sp³-hybridized carbons (Fsp3) is 0.500. The third kappa shape index (κ3) is 4.16. The Bertz CT molecular complexity index is 451. The number of nitrogens with zero attached hydrogens (tertiary/aromatic N) is 1. The van der Waals surface area contributed by atoms with Gasteiger partial charge in [0, 0.05) is 19.5 Å². The molecule has 0 saturated carbocycles. The fourth-order valence-electron chi connectivity index (χ4n) is 1.77. The van der Waals surface area contributed by atoms with Crippen LogP contribution in [0.2, 0.25) is 0 Å². The Morgan fingerprint density at radius 1 is 1.26 bits per heavy atom. The van der Waals surface area contributed by atoms with Crippen LogP contribution >= 0.6 is 11.6 Å². The molecule has 1 aromatic carbocycles. The van der Waals surface area contributed by atoms with Crippen molar-refractivity contribution >= 4 is 17.5 Å². The van der Waals surface area contributed by atoms with Crippen molar-refractivity contribution in [2.75, 3.05) is 19.5 Å². The van der Waals surface area contributed by atoms with Crippen LogP contribution in [0.25, 0.3) is 0 Å². The molecule has 1 rings (SSSR count). The topological polar surface area (TPSA) is 20.3 Å². The van der Waals surface area contributed by atoms with Crippen molar-refractivity contribution < 1.29 is 13.6 Å². The standard InChI is InChI=1S/C14H18ClF2NO/c1-10-6-7-11(16)12(13(10)17)14(19)18(2)9-5-3-4-8-15/h6-7H,3-5,8-9H2,1-2H3. The molecule has 0 aliphatic carbocycles. The largest absolute Gasteiger partial charge is 0.342 e. The van der Waals surface area contributed by atoms with E-state index in [-0.39, 0.29) is 5.56 Å². The van der Waals surface area contributed by atoms with Crippen LogP contribution in [-0.2, 0) is 0 Å². The van der Waals surface area contributed by atoms with Crippen LogP contribution in [0.1, 0.15) is 35.2 Å². The van der Waals surface area contributed by atoms with E-state index in [0.29, 0.717) is 12.4 Å². The van der Waals surface area contributed by atoms with Gasteiger partial charge < -0.3 is 4.90 Å². The number of aryl methyl sites for hydroxylation is 1. The number of rotatable bonds is 6. The summed E-state index contributed by atoms with van der Waals surface area (Å²) < 4.78 is 27.4. The van der Waals surface area contributed by atoms with Crippen LogP contribution in [0.5, 0.6) is 0 Å². The van der Waals surface area contributed by atoms with Crippen LogP contribution < -0.4 is 0 Å². The molecule has 0 heterocycles. The zero-order valence-electron chi connectivity index (χ0n) is 11.2. The molecule has 19 heavy (non-hydrogen) atoms. The summed E-state index contributed by atoms with van der Waals surface area (Å²) in [7, 11) is 1.55. The normalized spacial score (nSPS) is 10.6. The highest BCUT2D eigenvalue weighted by Crippen LogP contribution is 2.18. The molecular weight excluding hydrogens is 272 g/mol. The Hall–Kier alpha value is -1.16. The van der Waals surface area contributed by atoms with Crippen molar-refractivity contribution in [3.05, 3.63) is 34.9 Å². The summed E-state index contributed by atoms with van der Waals surface area (Å²) in [5, 5.41) is 0. The third-order valence-electron chi connectivity index (χ3n) is 2.97. The Balaban J connectivity index is 2.74. The minimum Gasteiger partial charge on any atom is -0.342 e. The smallest absolute Gasteiger partial charge is 0.259 e. The van der Waals surface area contributed by atoms with Crippen molar-refractivity contribution in [1.82, 2.24) is 4.90 Å². The first-order chi connectivity index (χ1) is 8.99. The monoisotopic (exact) mass is 289 g/mol. The maximum absolute atomic E-state index is 13.8. The number of carbonyl (C=O) groups is 1.